The molecule has 0 heterocycles. The van der Waals surface area contributed by atoms with Gasteiger partial charge in [-0.25, -0.2) is 5.43 Å². The van der Waals surface area contributed by atoms with E-state index in [0.29, 0.717) is 27.0 Å². The maximum atomic E-state index is 12.0. The number of benzene rings is 2. The van der Waals surface area contributed by atoms with Crippen molar-refractivity contribution >= 4 is 62.3 Å². The van der Waals surface area contributed by atoms with Crippen molar-refractivity contribution in [2.45, 2.75) is 13.3 Å². The average Bonchev–Trinajstić information content (AvgIpc) is 2.56. The predicted molar refractivity (Wildman–Crippen MR) is 104 cm³/mol. The van der Waals surface area contributed by atoms with Crippen LogP contribution in [0.5, 0.6) is 0 Å². The van der Waals surface area contributed by atoms with Crippen molar-refractivity contribution in [2.75, 3.05) is 5.32 Å². The lowest BCUT2D eigenvalue weighted by atomic mass is 10.2. The lowest BCUT2D eigenvalue weighted by molar-refractivity contribution is -0.115. The smallest absolute Gasteiger partial charge is 0.271 e. The Balaban J connectivity index is 1.90. The van der Waals surface area contributed by atoms with E-state index >= 15 is 0 Å². The number of anilines is 1. The predicted octanol–water partition coefficient (Wildman–Crippen LogP) is 4.89. The van der Waals surface area contributed by atoms with Crippen LogP contribution < -0.4 is 10.7 Å². The Kier molecular flexibility index (Phi) is 6.99. The van der Waals surface area contributed by atoms with Gasteiger partial charge in [-0.15, -0.1) is 0 Å². The van der Waals surface area contributed by atoms with Gasteiger partial charge in [-0.2, -0.15) is 5.10 Å². The second kappa shape index (κ2) is 8.99. The highest BCUT2D eigenvalue weighted by Crippen LogP contribution is 2.25. The normalized spacial score (nSPS) is 11.1. The zero-order valence-electron chi connectivity index (χ0n) is 13.1. The Hall–Kier alpha value is -1.89. The average molecular weight is 443 g/mol. The van der Waals surface area contributed by atoms with E-state index in [2.05, 4.69) is 31.8 Å². The zero-order chi connectivity index (χ0) is 18.4. The van der Waals surface area contributed by atoms with Crippen molar-refractivity contribution in [3.05, 3.63) is 62.5 Å². The first-order valence-electron chi connectivity index (χ1n) is 7.19. The van der Waals surface area contributed by atoms with Crippen molar-refractivity contribution in [2.24, 2.45) is 5.10 Å². The maximum Gasteiger partial charge on any atom is 0.271 e. The van der Waals surface area contributed by atoms with Gasteiger partial charge in [-0.05, 0) is 43.3 Å². The summed E-state index contributed by atoms with van der Waals surface area (Å²) in [5.41, 5.74) is 3.88. The largest absolute Gasteiger partial charge is 0.326 e. The maximum absolute atomic E-state index is 12.0. The van der Waals surface area contributed by atoms with Crippen LogP contribution in [0.2, 0.25) is 10.0 Å². The van der Waals surface area contributed by atoms with Crippen molar-refractivity contribution in [1.29, 1.82) is 0 Å². The SMILES string of the molecule is CC(CC(=O)Nc1ccc(Cl)c(Cl)c1)=NNC(=O)c1cccc(Br)c1. The van der Waals surface area contributed by atoms with Crippen molar-refractivity contribution in [3.63, 3.8) is 0 Å². The monoisotopic (exact) mass is 441 g/mol. The summed E-state index contributed by atoms with van der Waals surface area (Å²) in [6.45, 7) is 1.65. The van der Waals surface area contributed by atoms with Crippen LogP contribution in [0.1, 0.15) is 23.7 Å². The highest BCUT2D eigenvalue weighted by Gasteiger charge is 2.08. The number of hydrogen-bond donors (Lipinski definition) is 2. The third-order valence-corrected chi connectivity index (χ3v) is 4.29. The minimum Gasteiger partial charge on any atom is -0.326 e. The van der Waals surface area contributed by atoms with Gasteiger partial charge < -0.3 is 5.32 Å². The number of nitrogens with one attached hydrogen (secondary N) is 2. The molecule has 2 rings (SSSR count). The molecule has 0 aliphatic carbocycles. The van der Waals surface area contributed by atoms with Crippen LogP contribution in [0.4, 0.5) is 5.69 Å². The zero-order valence-corrected chi connectivity index (χ0v) is 16.2. The highest BCUT2D eigenvalue weighted by molar-refractivity contribution is 9.10. The number of nitrogens with zero attached hydrogens (tertiary/aromatic N) is 1. The van der Waals surface area contributed by atoms with Crippen LogP contribution in [0, 0.1) is 0 Å². The highest BCUT2D eigenvalue weighted by atomic mass is 79.9. The topological polar surface area (TPSA) is 70.6 Å². The Morgan fingerprint density at radius 1 is 1.12 bits per heavy atom. The fraction of sp³-hybridized carbons (Fsp3) is 0.118. The molecule has 2 amide bonds. The molecule has 0 saturated carbocycles. The molecule has 130 valence electrons. The lowest BCUT2D eigenvalue weighted by Gasteiger charge is -2.07. The van der Waals surface area contributed by atoms with E-state index < -0.39 is 0 Å². The van der Waals surface area contributed by atoms with E-state index in [1.807, 2.05) is 6.07 Å². The lowest BCUT2D eigenvalue weighted by Crippen LogP contribution is -2.21. The molecule has 0 atom stereocenters. The molecule has 0 saturated heterocycles. The van der Waals surface area contributed by atoms with Crippen molar-refractivity contribution in [3.8, 4) is 0 Å². The summed E-state index contributed by atoms with van der Waals surface area (Å²) in [5.74, 6) is -0.637. The van der Waals surface area contributed by atoms with Gasteiger partial charge in [0.1, 0.15) is 0 Å². The standard InChI is InChI=1S/C17H14BrCl2N3O2/c1-10(22-23-17(25)11-3-2-4-12(18)8-11)7-16(24)21-13-5-6-14(19)15(20)9-13/h2-6,8-9H,7H2,1H3,(H,21,24)(H,23,25). The first kappa shape index (κ1) is 19.4. The molecule has 0 fully saturated rings. The van der Waals surface area contributed by atoms with Gasteiger partial charge >= 0.3 is 0 Å². The summed E-state index contributed by atoms with van der Waals surface area (Å²) >= 11 is 15.0. The molecule has 0 aliphatic rings. The van der Waals surface area contributed by atoms with Crippen LogP contribution in [0.3, 0.4) is 0 Å². The van der Waals surface area contributed by atoms with E-state index in [4.69, 9.17) is 23.2 Å². The molecule has 0 bridgehead atoms. The molecule has 2 N–H and O–H groups in total. The molecule has 0 unspecified atom stereocenters. The van der Waals surface area contributed by atoms with Gasteiger partial charge in [-0.3, -0.25) is 9.59 Å². The van der Waals surface area contributed by atoms with E-state index in [9.17, 15) is 9.59 Å². The molecular formula is C17H14BrCl2N3O2. The third-order valence-electron chi connectivity index (χ3n) is 3.05. The molecule has 2 aromatic rings. The summed E-state index contributed by atoms with van der Waals surface area (Å²) in [5, 5.41) is 7.39. The number of amides is 2. The van der Waals surface area contributed by atoms with E-state index in [0.717, 1.165) is 4.47 Å². The fourth-order valence-corrected chi connectivity index (χ4v) is 2.59. The fourth-order valence-electron chi connectivity index (χ4n) is 1.89. The molecule has 2 aromatic carbocycles. The second-order valence-corrected chi connectivity index (χ2v) is 6.88. The van der Waals surface area contributed by atoms with Crippen LogP contribution in [0.15, 0.2) is 52.0 Å². The molecule has 8 heteroatoms. The van der Waals surface area contributed by atoms with Gasteiger partial charge in [0.15, 0.2) is 0 Å². The molecule has 25 heavy (non-hydrogen) atoms. The van der Waals surface area contributed by atoms with Crippen LogP contribution in [-0.4, -0.2) is 17.5 Å². The number of carbonyl (C=O) groups excluding carboxylic acids is 2. The van der Waals surface area contributed by atoms with Gasteiger partial charge in [0.2, 0.25) is 5.91 Å². The Morgan fingerprint density at radius 2 is 1.88 bits per heavy atom. The summed E-state index contributed by atoms with van der Waals surface area (Å²) in [6, 6.07) is 11.7. The van der Waals surface area contributed by atoms with Crippen LogP contribution >= 0.6 is 39.1 Å². The minimum atomic E-state index is -0.356. The number of hydrogen-bond acceptors (Lipinski definition) is 3. The molecule has 0 radical (unpaired) electrons. The summed E-state index contributed by atoms with van der Waals surface area (Å²) in [4.78, 5) is 24.0. The van der Waals surface area contributed by atoms with Crippen LogP contribution in [0.25, 0.3) is 0 Å². The summed E-state index contributed by atoms with van der Waals surface area (Å²) in [6.07, 6.45) is 0.0268. The van der Waals surface area contributed by atoms with Gasteiger partial charge in [0.05, 0.1) is 16.5 Å². The Morgan fingerprint density at radius 3 is 2.56 bits per heavy atom. The van der Waals surface area contributed by atoms with E-state index in [1.54, 1.807) is 43.3 Å². The number of halogens is 3. The Labute approximate surface area is 163 Å². The molecular weight excluding hydrogens is 429 g/mol. The first-order valence-corrected chi connectivity index (χ1v) is 8.74. The number of hydrazone groups is 1. The van der Waals surface area contributed by atoms with Crippen molar-refractivity contribution in [1.82, 2.24) is 5.43 Å². The van der Waals surface area contributed by atoms with Gasteiger partial charge in [-0.1, -0.05) is 45.2 Å². The van der Waals surface area contributed by atoms with Gasteiger partial charge in [0.25, 0.3) is 5.91 Å². The molecule has 0 spiro atoms. The molecule has 0 aliphatic heterocycles. The second-order valence-electron chi connectivity index (χ2n) is 5.15. The van der Waals surface area contributed by atoms with Crippen LogP contribution in [-0.2, 0) is 4.79 Å². The van der Waals surface area contributed by atoms with Crippen molar-refractivity contribution < 1.29 is 9.59 Å². The summed E-state index contributed by atoms with van der Waals surface area (Å²) in [7, 11) is 0. The quantitative estimate of drug-likeness (QED) is 0.511. The Bertz CT molecular complexity index is 840. The molecule has 0 aromatic heterocycles. The number of rotatable bonds is 5. The minimum absolute atomic E-state index is 0.0268. The summed E-state index contributed by atoms with van der Waals surface area (Å²) < 4.78 is 0.793. The van der Waals surface area contributed by atoms with Gasteiger partial charge in [0, 0.05) is 21.4 Å². The molecule has 5 nitrogen and oxygen atoms in total. The van der Waals surface area contributed by atoms with E-state index in [1.165, 1.54) is 0 Å². The first-order chi connectivity index (χ1) is 11.8. The van der Waals surface area contributed by atoms with E-state index in [-0.39, 0.29) is 18.2 Å². The number of carbonyl (C=O) groups is 2. The third kappa shape index (κ3) is 6.16.